The van der Waals surface area contributed by atoms with Crippen molar-refractivity contribution in [1.82, 2.24) is 0 Å². The Kier molecular flexibility index (Phi) is 3.40. The first-order valence-electron chi connectivity index (χ1n) is 6.58. The van der Waals surface area contributed by atoms with Crippen LogP contribution in [-0.4, -0.2) is 0 Å². The maximum atomic E-state index is 13.1. The SMILES string of the molecule is N[C@H]1CCc2cc(OCc3ccc(F)c(F)c3)ccc21. The minimum absolute atomic E-state index is 0.116. The maximum Gasteiger partial charge on any atom is 0.159 e. The van der Waals surface area contributed by atoms with Crippen LogP contribution in [0.15, 0.2) is 36.4 Å². The van der Waals surface area contributed by atoms with Gasteiger partial charge in [-0.25, -0.2) is 8.78 Å². The normalized spacial score (nSPS) is 17.1. The second-order valence-electron chi connectivity index (χ2n) is 5.04. The molecule has 2 N–H and O–H groups in total. The quantitative estimate of drug-likeness (QED) is 0.930. The Morgan fingerprint density at radius 3 is 2.75 bits per heavy atom. The van der Waals surface area contributed by atoms with Crippen molar-refractivity contribution in [2.24, 2.45) is 5.73 Å². The summed E-state index contributed by atoms with van der Waals surface area (Å²) >= 11 is 0. The van der Waals surface area contributed by atoms with Crippen molar-refractivity contribution in [2.75, 3.05) is 0 Å². The molecule has 2 aromatic rings. The summed E-state index contributed by atoms with van der Waals surface area (Å²) in [6.45, 7) is 0.210. The van der Waals surface area contributed by atoms with E-state index in [9.17, 15) is 8.78 Å². The number of aryl methyl sites for hydroxylation is 1. The van der Waals surface area contributed by atoms with E-state index in [1.165, 1.54) is 17.2 Å². The lowest BCUT2D eigenvalue weighted by Gasteiger charge is -2.09. The molecule has 104 valence electrons. The number of nitrogens with two attached hydrogens (primary N) is 1. The van der Waals surface area contributed by atoms with Crippen molar-refractivity contribution in [3.8, 4) is 5.75 Å². The Bertz CT molecular complexity index is 642. The lowest BCUT2D eigenvalue weighted by molar-refractivity contribution is 0.305. The van der Waals surface area contributed by atoms with Gasteiger partial charge < -0.3 is 10.5 Å². The highest BCUT2D eigenvalue weighted by molar-refractivity contribution is 5.40. The molecule has 3 rings (SSSR count). The zero-order valence-electron chi connectivity index (χ0n) is 10.9. The smallest absolute Gasteiger partial charge is 0.159 e. The largest absolute Gasteiger partial charge is 0.489 e. The summed E-state index contributed by atoms with van der Waals surface area (Å²) < 4.78 is 31.5. The van der Waals surface area contributed by atoms with Crippen molar-refractivity contribution in [3.63, 3.8) is 0 Å². The van der Waals surface area contributed by atoms with Gasteiger partial charge in [-0.3, -0.25) is 0 Å². The van der Waals surface area contributed by atoms with Gasteiger partial charge in [-0.1, -0.05) is 12.1 Å². The Hall–Kier alpha value is -1.94. The highest BCUT2D eigenvalue weighted by atomic mass is 19.2. The average Bonchev–Trinajstić information content (AvgIpc) is 2.81. The summed E-state index contributed by atoms with van der Waals surface area (Å²) in [6, 6.07) is 9.71. The molecular weight excluding hydrogens is 260 g/mol. The third kappa shape index (κ3) is 2.51. The Morgan fingerprint density at radius 1 is 1.10 bits per heavy atom. The van der Waals surface area contributed by atoms with E-state index in [0.29, 0.717) is 5.56 Å². The van der Waals surface area contributed by atoms with Gasteiger partial charge in [0.1, 0.15) is 12.4 Å². The molecular formula is C16H15F2NO. The molecule has 4 heteroatoms. The van der Waals surface area contributed by atoms with E-state index in [2.05, 4.69) is 0 Å². The van der Waals surface area contributed by atoms with Gasteiger partial charge in [0.2, 0.25) is 0 Å². The number of ether oxygens (including phenoxy) is 1. The van der Waals surface area contributed by atoms with Gasteiger partial charge >= 0.3 is 0 Å². The topological polar surface area (TPSA) is 35.2 Å². The number of hydrogen-bond donors (Lipinski definition) is 1. The molecule has 2 nitrogen and oxygen atoms in total. The summed E-state index contributed by atoms with van der Waals surface area (Å²) in [5, 5.41) is 0. The Balaban J connectivity index is 1.71. The lowest BCUT2D eigenvalue weighted by Crippen LogP contribution is -2.05. The molecule has 0 heterocycles. The fourth-order valence-electron chi connectivity index (χ4n) is 2.51. The van der Waals surface area contributed by atoms with Gasteiger partial charge in [0.05, 0.1) is 0 Å². The van der Waals surface area contributed by atoms with Crippen LogP contribution in [0.2, 0.25) is 0 Å². The minimum Gasteiger partial charge on any atom is -0.489 e. The van der Waals surface area contributed by atoms with Crippen molar-refractivity contribution in [1.29, 1.82) is 0 Å². The van der Waals surface area contributed by atoms with Crippen LogP contribution in [0.4, 0.5) is 8.78 Å². The van der Waals surface area contributed by atoms with Crippen molar-refractivity contribution in [3.05, 3.63) is 64.7 Å². The fourth-order valence-corrected chi connectivity index (χ4v) is 2.51. The molecule has 0 saturated heterocycles. The van der Waals surface area contributed by atoms with Crippen LogP contribution >= 0.6 is 0 Å². The van der Waals surface area contributed by atoms with E-state index >= 15 is 0 Å². The van der Waals surface area contributed by atoms with Crippen LogP contribution in [-0.2, 0) is 13.0 Å². The van der Waals surface area contributed by atoms with Gasteiger partial charge in [0.25, 0.3) is 0 Å². The first-order chi connectivity index (χ1) is 9.63. The van der Waals surface area contributed by atoms with E-state index in [1.54, 1.807) is 0 Å². The molecule has 0 amide bonds. The summed E-state index contributed by atoms with van der Waals surface area (Å²) in [5.41, 5.74) is 8.95. The van der Waals surface area contributed by atoms with E-state index in [1.807, 2.05) is 18.2 Å². The summed E-state index contributed by atoms with van der Waals surface area (Å²) in [7, 11) is 0. The number of hydrogen-bond acceptors (Lipinski definition) is 2. The predicted octanol–water partition coefficient (Wildman–Crippen LogP) is 3.49. The highest BCUT2D eigenvalue weighted by Crippen LogP contribution is 2.32. The van der Waals surface area contributed by atoms with E-state index in [-0.39, 0.29) is 12.6 Å². The third-order valence-electron chi connectivity index (χ3n) is 3.63. The lowest BCUT2D eigenvalue weighted by atomic mass is 10.1. The molecule has 0 saturated carbocycles. The molecule has 20 heavy (non-hydrogen) atoms. The van der Waals surface area contributed by atoms with E-state index in [0.717, 1.165) is 30.7 Å². The van der Waals surface area contributed by atoms with Crippen molar-refractivity contribution in [2.45, 2.75) is 25.5 Å². The van der Waals surface area contributed by atoms with Crippen LogP contribution in [0.25, 0.3) is 0 Å². The molecule has 1 aliphatic carbocycles. The molecule has 0 aliphatic heterocycles. The van der Waals surface area contributed by atoms with Crippen LogP contribution in [0.3, 0.4) is 0 Å². The summed E-state index contributed by atoms with van der Waals surface area (Å²) in [6.07, 6.45) is 1.92. The van der Waals surface area contributed by atoms with Gasteiger partial charge in [0, 0.05) is 6.04 Å². The molecule has 0 spiro atoms. The Morgan fingerprint density at radius 2 is 1.95 bits per heavy atom. The molecule has 0 bridgehead atoms. The number of rotatable bonds is 3. The molecule has 0 fully saturated rings. The summed E-state index contributed by atoms with van der Waals surface area (Å²) in [4.78, 5) is 0. The first-order valence-corrected chi connectivity index (χ1v) is 6.58. The molecule has 1 aliphatic rings. The molecule has 0 unspecified atom stereocenters. The van der Waals surface area contributed by atoms with E-state index < -0.39 is 11.6 Å². The maximum absolute atomic E-state index is 13.1. The highest BCUT2D eigenvalue weighted by Gasteiger charge is 2.19. The van der Waals surface area contributed by atoms with Crippen molar-refractivity contribution >= 4 is 0 Å². The fraction of sp³-hybridized carbons (Fsp3) is 0.250. The van der Waals surface area contributed by atoms with Crippen LogP contribution < -0.4 is 10.5 Å². The average molecular weight is 275 g/mol. The van der Waals surface area contributed by atoms with Gasteiger partial charge in [-0.15, -0.1) is 0 Å². The standard InChI is InChI=1S/C16H15F2NO/c17-14-5-1-10(7-15(14)18)9-20-12-3-4-13-11(8-12)2-6-16(13)19/h1,3-5,7-8,16H,2,6,9,19H2/t16-/m0/s1. The van der Waals surface area contributed by atoms with Gasteiger partial charge in [-0.05, 0) is 53.8 Å². The van der Waals surface area contributed by atoms with E-state index in [4.69, 9.17) is 10.5 Å². The second-order valence-corrected chi connectivity index (χ2v) is 5.04. The van der Waals surface area contributed by atoms with Crippen LogP contribution in [0, 0.1) is 11.6 Å². The number of halogens is 2. The molecule has 0 radical (unpaired) electrons. The zero-order valence-corrected chi connectivity index (χ0v) is 10.9. The second kappa shape index (κ2) is 5.21. The third-order valence-corrected chi connectivity index (χ3v) is 3.63. The van der Waals surface area contributed by atoms with Crippen LogP contribution in [0.1, 0.15) is 29.2 Å². The zero-order chi connectivity index (χ0) is 14.1. The number of fused-ring (bicyclic) bond motifs is 1. The van der Waals surface area contributed by atoms with Gasteiger partial charge in [0.15, 0.2) is 11.6 Å². The first kappa shape index (κ1) is 13.1. The van der Waals surface area contributed by atoms with Gasteiger partial charge in [-0.2, -0.15) is 0 Å². The predicted molar refractivity (Wildman–Crippen MR) is 72.4 cm³/mol. The minimum atomic E-state index is -0.856. The Labute approximate surface area is 116 Å². The van der Waals surface area contributed by atoms with Crippen LogP contribution in [0.5, 0.6) is 5.75 Å². The molecule has 2 aromatic carbocycles. The molecule has 0 aromatic heterocycles. The molecule has 1 atom stereocenters. The monoisotopic (exact) mass is 275 g/mol. The summed E-state index contributed by atoms with van der Waals surface area (Å²) in [5.74, 6) is -0.978. The van der Waals surface area contributed by atoms with Crippen molar-refractivity contribution < 1.29 is 13.5 Å². The number of benzene rings is 2.